The molecule has 0 unspecified atom stereocenters. The van der Waals surface area contributed by atoms with Crippen LogP contribution in [0.4, 0.5) is 27.5 Å². The molecule has 0 fully saturated rings. The van der Waals surface area contributed by atoms with Gasteiger partial charge in [-0.2, -0.15) is 9.15 Å². The van der Waals surface area contributed by atoms with Crippen LogP contribution in [0.1, 0.15) is 228 Å². The van der Waals surface area contributed by atoms with Gasteiger partial charge in [0.1, 0.15) is 32.1 Å². The fourth-order valence-corrected chi connectivity index (χ4v) is 15.7. The third kappa shape index (κ3) is 19.9. The van der Waals surface area contributed by atoms with Crippen molar-refractivity contribution >= 4 is 40.3 Å². The van der Waals surface area contributed by atoms with E-state index in [2.05, 4.69) is 275 Å². The minimum Gasteiger partial charge on any atom is -1.00 e. The molecule has 5 aromatic carbocycles. The van der Waals surface area contributed by atoms with Crippen molar-refractivity contribution in [3.63, 3.8) is 0 Å². The molecule has 6 aliphatic rings. The van der Waals surface area contributed by atoms with Gasteiger partial charge in [0.25, 0.3) is 0 Å². The maximum absolute atomic E-state index is 12.9. The first-order chi connectivity index (χ1) is 48.7. The molecule has 4 heterocycles. The number of fused-ring (bicyclic) bond motifs is 4. The summed E-state index contributed by atoms with van der Waals surface area (Å²) in [5, 5.41) is 9.81. The van der Waals surface area contributed by atoms with E-state index in [1.807, 2.05) is 30.3 Å². The van der Waals surface area contributed by atoms with Crippen molar-refractivity contribution in [2.24, 2.45) is 0 Å². The number of carbonyl (C=O) groups excluding carboxylic acids is 1. The number of rotatable bonds is 23. The van der Waals surface area contributed by atoms with Crippen LogP contribution in [0.2, 0.25) is 0 Å². The molecule has 1 amide bonds. The Hall–Kier alpha value is -6.55. The SMILES string of the molecule is CCC.CCC.CCCN1/C(=C/C=C2\CCCC(/C=C/C3=[N+](CCC)c4ccccc4C3(C)C)=C2CCCO)C(C)(C)c2ccccc21.CCCN1/C(=C/C=C2\CCCC(/C=C/C3=[N+](CCC)c4ccccc4C3(C)C)=C2OCCN(C)C(=O)OCc2ccccc2)C(C)(C)c2ccccc21.[I-].[I-]. The van der Waals surface area contributed by atoms with Crippen LogP contribution >= 0.6 is 0 Å². The zero-order valence-electron chi connectivity index (χ0n) is 66.0. The molecular formula is C92H125I2N5O4. The Morgan fingerprint density at radius 1 is 0.515 bits per heavy atom. The third-order valence-corrected chi connectivity index (χ3v) is 20.7. The molecule has 11 rings (SSSR count). The molecule has 0 aromatic heterocycles. The maximum atomic E-state index is 12.9. The number of allylic oxidation sites excluding steroid dienone is 15. The summed E-state index contributed by atoms with van der Waals surface area (Å²) in [5.74, 6) is 0.932. The van der Waals surface area contributed by atoms with E-state index in [1.165, 1.54) is 109 Å². The highest BCUT2D eigenvalue weighted by atomic mass is 127. The van der Waals surface area contributed by atoms with Gasteiger partial charge in [-0.05, 0) is 167 Å². The lowest BCUT2D eigenvalue weighted by atomic mass is 9.80. The van der Waals surface area contributed by atoms with Crippen molar-refractivity contribution in [3.05, 3.63) is 249 Å². The van der Waals surface area contributed by atoms with Crippen LogP contribution in [0, 0.1) is 0 Å². The lowest BCUT2D eigenvalue weighted by molar-refractivity contribution is -0.437. The Morgan fingerprint density at radius 2 is 0.942 bits per heavy atom. The van der Waals surface area contributed by atoms with Gasteiger partial charge in [0, 0.05) is 109 Å². The first-order valence-electron chi connectivity index (χ1n) is 38.7. The molecule has 5 aromatic rings. The molecule has 11 heteroatoms. The number of para-hydroxylation sites is 4. The van der Waals surface area contributed by atoms with Crippen molar-refractivity contribution in [2.45, 2.75) is 229 Å². The highest BCUT2D eigenvalue weighted by Crippen LogP contribution is 2.50. The Labute approximate surface area is 657 Å². The average molecular weight is 1620 g/mol. The second kappa shape index (κ2) is 40.2. The summed E-state index contributed by atoms with van der Waals surface area (Å²) in [6, 6.07) is 45.2. The Morgan fingerprint density at radius 3 is 1.42 bits per heavy atom. The summed E-state index contributed by atoms with van der Waals surface area (Å²) in [7, 11) is 1.77. The van der Waals surface area contributed by atoms with Gasteiger partial charge >= 0.3 is 6.09 Å². The first-order valence-corrected chi connectivity index (χ1v) is 38.7. The Bertz CT molecular complexity index is 3960. The molecule has 0 saturated heterocycles. The van der Waals surface area contributed by atoms with Gasteiger partial charge in [-0.3, -0.25) is 0 Å². The number of aliphatic hydroxyl groups is 1. The maximum Gasteiger partial charge on any atom is 0.409 e. The van der Waals surface area contributed by atoms with E-state index in [0.29, 0.717) is 13.2 Å². The summed E-state index contributed by atoms with van der Waals surface area (Å²) in [6.07, 6.45) is 33.4. The van der Waals surface area contributed by atoms with Crippen LogP contribution in [0.25, 0.3) is 0 Å². The van der Waals surface area contributed by atoms with Gasteiger partial charge in [0.05, 0.1) is 17.4 Å². The van der Waals surface area contributed by atoms with Crippen LogP contribution in [-0.2, 0) is 37.7 Å². The quantitative estimate of drug-likeness (QED) is 0.0519. The fraction of sp³-hybridized carbons (Fsp3) is 0.467. The molecular weight excluding hydrogens is 1490 g/mol. The number of likely N-dealkylation sites (N-methyl/N-ethyl adjacent to an activating group) is 1. The number of aliphatic hydroxyl groups excluding tert-OH is 1. The number of anilines is 2. The van der Waals surface area contributed by atoms with E-state index in [0.717, 1.165) is 115 Å². The highest BCUT2D eigenvalue weighted by Gasteiger charge is 2.46. The minimum absolute atomic E-state index is 0. The summed E-state index contributed by atoms with van der Waals surface area (Å²) < 4.78 is 17.4. The predicted molar refractivity (Wildman–Crippen MR) is 429 cm³/mol. The van der Waals surface area contributed by atoms with Crippen molar-refractivity contribution in [3.8, 4) is 0 Å². The van der Waals surface area contributed by atoms with Crippen LogP contribution in [0.3, 0.4) is 0 Å². The molecule has 103 heavy (non-hydrogen) atoms. The zero-order valence-corrected chi connectivity index (χ0v) is 70.3. The largest absolute Gasteiger partial charge is 1.00 e. The van der Waals surface area contributed by atoms with Crippen molar-refractivity contribution in [1.29, 1.82) is 0 Å². The predicted octanol–water partition coefficient (Wildman–Crippen LogP) is 16.9. The number of carbonyl (C=O) groups is 1. The molecule has 2 aliphatic carbocycles. The second-order valence-electron chi connectivity index (χ2n) is 30.2. The lowest BCUT2D eigenvalue weighted by Crippen LogP contribution is -3.00. The monoisotopic (exact) mass is 1620 g/mol. The number of benzene rings is 5. The third-order valence-electron chi connectivity index (χ3n) is 20.7. The van der Waals surface area contributed by atoms with Crippen molar-refractivity contribution in [2.75, 3.05) is 62.8 Å². The normalized spacial score (nSPS) is 18.8. The summed E-state index contributed by atoms with van der Waals surface area (Å²) in [6.45, 7) is 41.6. The van der Waals surface area contributed by atoms with E-state index in [-0.39, 0.29) is 88.9 Å². The van der Waals surface area contributed by atoms with Crippen LogP contribution in [0.15, 0.2) is 221 Å². The topological polar surface area (TPSA) is 71.5 Å². The lowest BCUT2D eigenvalue weighted by Gasteiger charge is -2.27. The molecule has 0 radical (unpaired) electrons. The first kappa shape index (κ1) is 85.4. The van der Waals surface area contributed by atoms with Gasteiger partial charge < -0.3 is 77.2 Å². The van der Waals surface area contributed by atoms with Gasteiger partial charge in [0.15, 0.2) is 11.4 Å². The highest BCUT2D eigenvalue weighted by molar-refractivity contribution is 6.04. The van der Waals surface area contributed by atoms with Gasteiger partial charge in [-0.1, -0.05) is 217 Å². The molecule has 1 N–H and O–H groups in total. The molecule has 0 saturated carbocycles. The fourth-order valence-electron chi connectivity index (χ4n) is 15.7. The van der Waals surface area contributed by atoms with Crippen molar-refractivity contribution < 1.29 is 76.5 Å². The van der Waals surface area contributed by atoms with E-state index in [9.17, 15) is 9.90 Å². The summed E-state index contributed by atoms with van der Waals surface area (Å²) >= 11 is 0. The van der Waals surface area contributed by atoms with E-state index < -0.39 is 0 Å². The van der Waals surface area contributed by atoms with Gasteiger partial charge in [-0.15, -0.1) is 0 Å². The molecule has 0 spiro atoms. The van der Waals surface area contributed by atoms with Crippen LogP contribution in [0.5, 0.6) is 0 Å². The van der Waals surface area contributed by atoms with Crippen LogP contribution < -0.4 is 57.8 Å². The Balaban J connectivity index is 0.000000301. The van der Waals surface area contributed by atoms with Gasteiger partial charge in [-0.25, -0.2) is 4.79 Å². The van der Waals surface area contributed by atoms with Crippen molar-refractivity contribution in [1.82, 2.24) is 4.90 Å². The summed E-state index contributed by atoms with van der Waals surface area (Å²) in [4.78, 5) is 19.5. The molecule has 556 valence electrons. The average Bonchev–Trinajstić information content (AvgIpc) is 1.62. The zero-order chi connectivity index (χ0) is 72.9. The number of halogens is 2. The Kier molecular flexibility index (Phi) is 33.4. The minimum atomic E-state index is -0.356. The molecule has 0 bridgehead atoms. The van der Waals surface area contributed by atoms with Crippen LogP contribution in [-0.4, -0.2) is 89.7 Å². The number of ether oxygens (including phenoxy) is 2. The molecule has 0 atom stereocenters. The number of nitrogens with zero attached hydrogens (tertiary/aromatic N) is 5. The second-order valence-corrected chi connectivity index (χ2v) is 30.2. The smallest absolute Gasteiger partial charge is 0.409 e. The van der Waals surface area contributed by atoms with E-state index in [4.69, 9.17) is 9.47 Å². The van der Waals surface area contributed by atoms with E-state index in [1.54, 1.807) is 11.9 Å². The number of amides is 1. The van der Waals surface area contributed by atoms with Gasteiger partial charge in [0.2, 0.25) is 11.4 Å². The number of hydrogen-bond acceptors (Lipinski definition) is 6. The molecule has 4 aliphatic heterocycles. The summed E-state index contributed by atoms with van der Waals surface area (Å²) in [5.41, 5.74) is 23.7. The number of hydrogen-bond donors (Lipinski definition) is 1. The standard InChI is InChI=1S/C47H58N3O3.C39H51N2O.2C3H8.2HI/c1-8-30-49-40-24-15-13-22-38(40)46(3,4)42(49)28-26-36-20-17-21-37(27-29-43-47(5,6)39-23-14-16-25-41(39)50(43)31-9-2)44(36)52-33-32-48(7)45(51)53-34-35-18-11-10-12-19-35;1-7-26-40-34-20-11-9-18-32(34)38(3,4)36(40)24-22-29-15-13-16-30(31(29)17-14-28-42)23-25-37-39(5,6)33-19-10-12-21-35(33)41(37)27-8-2;2*1-3-2;;/h10-16,18-19,22-29H,8-9,17,20-21,30-34H2,1-7H3;9-12,18-25,42H,7-8,13-17,26-28H2,1-6H3;2*3H2,1-2H3;2*1H/q2*+1;;;;/p-2. The van der Waals surface area contributed by atoms with E-state index >= 15 is 0 Å². The molecule has 9 nitrogen and oxygen atoms in total.